The fraction of sp³-hybridized carbons (Fsp3) is 0.600. The standard InChI is InChI=1S/C20H36N10O8S2/c21-9(7-39)16(35)29-11(4-13(22)31)17(36)26-5-14(32)28-10(2-1-3-25-20(23)24)19(38)30-12(8-40)18(37)27-6-15(33)34/h9-12,39-40H,1-8,21H2,(H2,22,31)(H,26,36)(H,27,37)(H,28,32)(H,29,35)(H,30,38)(H,33,34)(H4,23,24,25). The number of thiol groups is 2. The normalized spacial score (nSPS) is 13.4. The molecule has 0 heterocycles. The van der Waals surface area contributed by atoms with Crippen LogP contribution in [0.1, 0.15) is 19.3 Å². The topological polar surface area (TPSA) is 316 Å². The molecule has 0 aliphatic rings. The molecule has 14 N–H and O–H groups in total. The number of amides is 6. The van der Waals surface area contributed by atoms with Gasteiger partial charge in [0, 0.05) is 18.1 Å². The summed E-state index contributed by atoms with van der Waals surface area (Å²) in [6, 6.07) is -4.96. The third-order valence-electron chi connectivity index (χ3n) is 4.82. The van der Waals surface area contributed by atoms with Crippen molar-refractivity contribution in [2.24, 2.45) is 27.9 Å². The smallest absolute Gasteiger partial charge is 0.322 e. The number of rotatable bonds is 19. The van der Waals surface area contributed by atoms with Crippen LogP contribution in [0.2, 0.25) is 0 Å². The highest BCUT2D eigenvalue weighted by Crippen LogP contribution is 2.01. The summed E-state index contributed by atoms with van der Waals surface area (Å²) in [6.07, 6.45) is -0.360. The SMILES string of the molecule is NC(=O)CC(NC(=O)C(N)CS)C(=O)NCC(=O)NC(CCCN=C(N)N)C(=O)NC(CS)C(=O)NCC(=O)O. The zero-order valence-electron chi connectivity index (χ0n) is 21.4. The van der Waals surface area contributed by atoms with Gasteiger partial charge >= 0.3 is 5.97 Å². The molecule has 0 rings (SSSR count). The van der Waals surface area contributed by atoms with Crippen LogP contribution < -0.4 is 49.5 Å². The van der Waals surface area contributed by atoms with Gasteiger partial charge in [-0.15, -0.1) is 0 Å². The summed E-state index contributed by atoms with van der Waals surface area (Å²) in [7, 11) is 0. The Kier molecular flexibility index (Phi) is 17.5. The van der Waals surface area contributed by atoms with Crippen LogP contribution in [-0.4, -0.2) is 108 Å². The highest BCUT2D eigenvalue weighted by atomic mass is 32.1. The number of carbonyl (C=O) groups is 7. The van der Waals surface area contributed by atoms with Crippen molar-refractivity contribution < 1.29 is 38.7 Å². The quantitative estimate of drug-likeness (QED) is 0.0283. The molecule has 4 atom stereocenters. The highest BCUT2D eigenvalue weighted by molar-refractivity contribution is 7.80. The van der Waals surface area contributed by atoms with Crippen LogP contribution >= 0.6 is 25.3 Å². The molecule has 226 valence electrons. The molecule has 0 bridgehead atoms. The number of aliphatic carboxylic acids is 1. The summed E-state index contributed by atoms with van der Waals surface area (Å²) in [5.74, 6) is -6.79. The van der Waals surface area contributed by atoms with Crippen LogP contribution in [0.25, 0.3) is 0 Å². The maximum atomic E-state index is 12.9. The van der Waals surface area contributed by atoms with Crippen LogP contribution in [0.5, 0.6) is 0 Å². The lowest BCUT2D eigenvalue weighted by Gasteiger charge is -2.22. The number of hydrogen-bond acceptors (Lipinski definition) is 11. The summed E-state index contributed by atoms with van der Waals surface area (Å²) in [5.41, 5.74) is 21.2. The molecular formula is C20H36N10O8S2. The molecule has 0 saturated carbocycles. The Labute approximate surface area is 240 Å². The fourth-order valence-corrected chi connectivity index (χ4v) is 3.26. The fourth-order valence-electron chi connectivity index (χ4n) is 2.83. The molecule has 0 aliphatic heterocycles. The number of carbonyl (C=O) groups excluding carboxylic acids is 6. The number of carboxylic acids is 1. The molecule has 0 aliphatic carbocycles. The largest absolute Gasteiger partial charge is 0.480 e. The second-order valence-corrected chi connectivity index (χ2v) is 8.89. The van der Waals surface area contributed by atoms with Crippen molar-refractivity contribution in [3.63, 3.8) is 0 Å². The van der Waals surface area contributed by atoms with Gasteiger partial charge in [0.05, 0.1) is 19.0 Å². The molecule has 0 saturated heterocycles. The van der Waals surface area contributed by atoms with Crippen LogP contribution in [0.15, 0.2) is 4.99 Å². The summed E-state index contributed by atoms with van der Waals surface area (Å²) in [4.78, 5) is 87.9. The lowest BCUT2D eigenvalue weighted by molar-refractivity contribution is -0.138. The van der Waals surface area contributed by atoms with Gasteiger partial charge in [-0.1, -0.05) is 0 Å². The Morgan fingerprint density at radius 3 is 1.85 bits per heavy atom. The van der Waals surface area contributed by atoms with Gasteiger partial charge in [-0.05, 0) is 12.8 Å². The average Bonchev–Trinajstić information content (AvgIpc) is 2.88. The number of aliphatic imine (C=N–C) groups is 1. The number of nitrogens with two attached hydrogens (primary N) is 4. The molecule has 40 heavy (non-hydrogen) atoms. The van der Waals surface area contributed by atoms with Gasteiger partial charge in [-0.3, -0.25) is 38.6 Å². The number of nitrogens with one attached hydrogen (secondary N) is 5. The van der Waals surface area contributed by atoms with Gasteiger partial charge in [-0.25, -0.2) is 0 Å². The summed E-state index contributed by atoms with van der Waals surface area (Å²) in [6.45, 7) is -1.25. The Balaban J connectivity index is 5.37. The van der Waals surface area contributed by atoms with E-state index in [1.165, 1.54) is 0 Å². The first-order valence-corrected chi connectivity index (χ1v) is 13.0. The maximum absolute atomic E-state index is 12.9. The van der Waals surface area contributed by atoms with E-state index >= 15 is 0 Å². The Bertz CT molecular complexity index is 964. The lowest BCUT2D eigenvalue weighted by atomic mass is 10.1. The molecule has 0 aromatic rings. The monoisotopic (exact) mass is 608 g/mol. The zero-order valence-corrected chi connectivity index (χ0v) is 23.2. The van der Waals surface area contributed by atoms with Crippen molar-refractivity contribution in [3.05, 3.63) is 0 Å². The first-order valence-electron chi connectivity index (χ1n) is 11.7. The van der Waals surface area contributed by atoms with Gasteiger partial charge in [0.25, 0.3) is 0 Å². The summed E-state index contributed by atoms with van der Waals surface area (Å²) in [5, 5.41) is 20.0. The minimum atomic E-state index is -1.43. The minimum Gasteiger partial charge on any atom is -0.480 e. The van der Waals surface area contributed by atoms with E-state index < -0.39 is 85.1 Å². The third-order valence-corrected chi connectivity index (χ3v) is 5.58. The molecule has 18 nitrogen and oxygen atoms in total. The van der Waals surface area contributed by atoms with Crippen molar-refractivity contribution in [3.8, 4) is 0 Å². The molecule has 20 heteroatoms. The zero-order chi connectivity index (χ0) is 30.8. The van der Waals surface area contributed by atoms with Crippen LogP contribution in [0, 0.1) is 0 Å². The molecule has 0 radical (unpaired) electrons. The minimum absolute atomic E-state index is 0.000308. The van der Waals surface area contributed by atoms with Crippen molar-refractivity contribution in [2.45, 2.75) is 43.4 Å². The first kappa shape index (κ1) is 36.2. The number of primary amides is 1. The van der Waals surface area contributed by atoms with Gasteiger partial charge in [-0.2, -0.15) is 25.3 Å². The number of nitrogens with zero attached hydrogens (tertiary/aromatic N) is 1. The molecule has 6 amide bonds. The number of carboxylic acid groups (broad SMARTS) is 1. The van der Waals surface area contributed by atoms with Crippen molar-refractivity contribution in [2.75, 3.05) is 31.1 Å². The second kappa shape index (κ2) is 19.3. The van der Waals surface area contributed by atoms with Crippen molar-refractivity contribution >= 4 is 72.6 Å². The predicted octanol–water partition coefficient (Wildman–Crippen LogP) is -6.13. The summed E-state index contributed by atoms with van der Waals surface area (Å²) < 4.78 is 0. The van der Waals surface area contributed by atoms with Gasteiger partial charge in [0.2, 0.25) is 35.4 Å². The summed E-state index contributed by atoms with van der Waals surface area (Å²) >= 11 is 7.86. The molecule has 4 unspecified atom stereocenters. The van der Waals surface area contributed by atoms with E-state index in [1.807, 2.05) is 0 Å². The Morgan fingerprint density at radius 1 is 0.750 bits per heavy atom. The van der Waals surface area contributed by atoms with E-state index in [0.29, 0.717) is 0 Å². The lowest BCUT2D eigenvalue weighted by Crippen LogP contribution is -2.57. The third kappa shape index (κ3) is 15.6. The van der Waals surface area contributed by atoms with Crippen LogP contribution in [0.4, 0.5) is 0 Å². The predicted molar refractivity (Wildman–Crippen MR) is 149 cm³/mol. The molecule has 0 aromatic heterocycles. The van der Waals surface area contributed by atoms with E-state index in [2.05, 4.69) is 56.8 Å². The molecule has 0 spiro atoms. The van der Waals surface area contributed by atoms with Gasteiger partial charge < -0.3 is 54.6 Å². The van der Waals surface area contributed by atoms with E-state index in [1.54, 1.807) is 0 Å². The molecule has 0 fully saturated rings. The molecule has 0 aromatic carbocycles. The number of guanidine groups is 1. The van der Waals surface area contributed by atoms with Gasteiger partial charge in [0.15, 0.2) is 5.96 Å². The Morgan fingerprint density at radius 2 is 1.32 bits per heavy atom. The van der Waals surface area contributed by atoms with Crippen molar-refractivity contribution in [1.82, 2.24) is 26.6 Å². The van der Waals surface area contributed by atoms with E-state index in [9.17, 15) is 33.6 Å². The first-order chi connectivity index (χ1) is 18.7. The Hall–Kier alpha value is -3.78. The maximum Gasteiger partial charge on any atom is 0.322 e. The van der Waals surface area contributed by atoms with E-state index in [0.717, 1.165) is 0 Å². The van der Waals surface area contributed by atoms with Crippen LogP contribution in [0.3, 0.4) is 0 Å². The average molecular weight is 609 g/mol. The van der Waals surface area contributed by atoms with Crippen LogP contribution in [-0.2, 0) is 33.6 Å². The van der Waals surface area contributed by atoms with E-state index in [4.69, 9.17) is 28.0 Å². The number of hydrogen-bond donors (Lipinski definition) is 12. The van der Waals surface area contributed by atoms with Gasteiger partial charge in [0.1, 0.15) is 24.7 Å². The van der Waals surface area contributed by atoms with Crippen molar-refractivity contribution in [1.29, 1.82) is 0 Å². The second-order valence-electron chi connectivity index (χ2n) is 8.16. The van der Waals surface area contributed by atoms with E-state index in [-0.39, 0.29) is 36.9 Å². The highest BCUT2D eigenvalue weighted by Gasteiger charge is 2.28. The molecular weight excluding hydrogens is 572 g/mol.